The second kappa shape index (κ2) is 8.75. The minimum absolute atomic E-state index is 0.200. The van der Waals surface area contributed by atoms with Gasteiger partial charge < -0.3 is 10.1 Å². The molecule has 0 atom stereocenters. The molecular weight excluding hydrogens is 353 g/mol. The molecule has 0 aliphatic heterocycles. The van der Waals surface area contributed by atoms with E-state index >= 15 is 0 Å². The Morgan fingerprint density at radius 3 is 2.48 bits per heavy atom. The van der Waals surface area contributed by atoms with Gasteiger partial charge in [0.1, 0.15) is 5.75 Å². The number of halogens is 3. The van der Waals surface area contributed by atoms with Crippen molar-refractivity contribution in [2.75, 3.05) is 18.6 Å². The summed E-state index contributed by atoms with van der Waals surface area (Å²) in [4.78, 5) is 16.1. The number of benzene rings is 1. The summed E-state index contributed by atoms with van der Waals surface area (Å²) < 4.78 is 40.3. The molecule has 0 aliphatic rings. The van der Waals surface area contributed by atoms with Crippen LogP contribution in [0.15, 0.2) is 42.6 Å². The van der Waals surface area contributed by atoms with Gasteiger partial charge in [-0.15, -0.1) is 13.2 Å². The number of nitrogens with one attached hydrogen (secondary N) is 1. The van der Waals surface area contributed by atoms with Crippen LogP contribution in [-0.4, -0.2) is 35.8 Å². The minimum atomic E-state index is -4.72. The number of pyridine rings is 1. The lowest BCUT2D eigenvalue weighted by molar-refractivity contribution is -0.274. The predicted molar refractivity (Wildman–Crippen MR) is 91.7 cm³/mol. The van der Waals surface area contributed by atoms with Gasteiger partial charge in [-0.3, -0.25) is 9.78 Å². The topological polar surface area (TPSA) is 51.2 Å². The fourth-order valence-corrected chi connectivity index (χ4v) is 2.48. The van der Waals surface area contributed by atoms with E-state index in [4.69, 9.17) is 0 Å². The van der Waals surface area contributed by atoms with E-state index < -0.39 is 6.36 Å². The number of carbonyl (C=O) groups excluding carboxylic acids is 1. The molecule has 0 spiro atoms. The molecule has 0 aliphatic carbocycles. The van der Waals surface area contributed by atoms with Crippen LogP contribution in [0.5, 0.6) is 5.75 Å². The zero-order valence-corrected chi connectivity index (χ0v) is 14.3. The van der Waals surface area contributed by atoms with Crippen molar-refractivity contribution in [3.63, 3.8) is 0 Å². The third-order valence-corrected chi connectivity index (χ3v) is 3.92. The highest BCUT2D eigenvalue weighted by molar-refractivity contribution is 7.98. The molecule has 1 N–H and O–H groups in total. The molecule has 1 aromatic carbocycles. The Morgan fingerprint density at radius 1 is 1.20 bits per heavy atom. The van der Waals surface area contributed by atoms with Gasteiger partial charge in [-0.25, -0.2) is 0 Å². The summed E-state index contributed by atoms with van der Waals surface area (Å²) in [6, 6.07) is 8.67. The Balaban J connectivity index is 1.98. The van der Waals surface area contributed by atoms with Gasteiger partial charge in [0.25, 0.3) is 5.91 Å². The third-order valence-electron chi connectivity index (χ3n) is 3.22. The molecule has 1 aromatic heterocycles. The van der Waals surface area contributed by atoms with Crippen LogP contribution in [0.3, 0.4) is 0 Å². The van der Waals surface area contributed by atoms with Crippen molar-refractivity contribution in [1.29, 1.82) is 0 Å². The number of rotatable bonds is 7. The standard InChI is InChI=1S/C17H17F3N2O2S/c1-25-10-2-9-21-16(23)13-5-8-15(22-11-13)12-3-6-14(7-4-12)24-17(18,19)20/h3-8,11H,2,9-10H2,1H3,(H,21,23). The summed E-state index contributed by atoms with van der Waals surface area (Å²) in [7, 11) is 0. The van der Waals surface area contributed by atoms with Crippen molar-refractivity contribution in [1.82, 2.24) is 10.3 Å². The number of carbonyl (C=O) groups is 1. The van der Waals surface area contributed by atoms with Crippen LogP contribution < -0.4 is 10.1 Å². The van der Waals surface area contributed by atoms with E-state index in [0.29, 0.717) is 23.4 Å². The van der Waals surface area contributed by atoms with Gasteiger partial charge in [-0.1, -0.05) is 0 Å². The van der Waals surface area contributed by atoms with Crippen molar-refractivity contribution in [2.24, 2.45) is 0 Å². The van der Waals surface area contributed by atoms with E-state index in [1.165, 1.54) is 30.5 Å². The van der Waals surface area contributed by atoms with Crippen molar-refractivity contribution < 1.29 is 22.7 Å². The molecule has 1 heterocycles. The number of amides is 1. The summed E-state index contributed by atoms with van der Waals surface area (Å²) in [6.07, 6.45) is -0.374. The molecule has 1 amide bonds. The van der Waals surface area contributed by atoms with Crippen molar-refractivity contribution in [3.8, 4) is 17.0 Å². The van der Waals surface area contributed by atoms with Gasteiger partial charge >= 0.3 is 6.36 Å². The molecule has 8 heteroatoms. The Kier molecular flexibility index (Phi) is 6.69. The van der Waals surface area contributed by atoms with Crippen LogP contribution in [0.25, 0.3) is 11.3 Å². The monoisotopic (exact) mass is 370 g/mol. The van der Waals surface area contributed by atoms with Crippen molar-refractivity contribution >= 4 is 17.7 Å². The third kappa shape index (κ3) is 6.30. The number of nitrogens with zero attached hydrogens (tertiary/aromatic N) is 1. The maximum Gasteiger partial charge on any atom is 0.573 e. The maximum absolute atomic E-state index is 12.1. The predicted octanol–water partition coefficient (Wildman–Crippen LogP) is 4.13. The summed E-state index contributed by atoms with van der Waals surface area (Å²) >= 11 is 1.72. The van der Waals surface area contributed by atoms with E-state index in [1.54, 1.807) is 23.9 Å². The zero-order valence-electron chi connectivity index (χ0n) is 13.5. The maximum atomic E-state index is 12.1. The SMILES string of the molecule is CSCCCNC(=O)c1ccc(-c2ccc(OC(F)(F)F)cc2)nc1. The van der Waals surface area contributed by atoms with E-state index in [0.717, 1.165) is 12.2 Å². The summed E-state index contributed by atoms with van der Waals surface area (Å²) in [5.74, 6) is 0.484. The fourth-order valence-electron chi connectivity index (χ4n) is 2.05. The first-order valence-electron chi connectivity index (χ1n) is 7.48. The van der Waals surface area contributed by atoms with Gasteiger partial charge in [0.15, 0.2) is 0 Å². The van der Waals surface area contributed by atoms with Crippen LogP contribution in [0.2, 0.25) is 0 Å². The molecule has 0 radical (unpaired) electrons. The average Bonchev–Trinajstić information content (AvgIpc) is 2.58. The van der Waals surface area contributed by atoms with Crippen LogP contribution in [-0.2, 0) is 0 Å². The van der Waals surface area contributed by atoms with Crippen LogP contribution in [0, 0.1) is 0 Å². The number of alkyl halides is 3. The zero-order chi connectivity index (χ0) is 18.3. The van der Waals surface area contributed by atoms with Crippen molar-refractivity contribution in [3.05, 3.63) is 48.2 Å². The van der Waals surface area contributed by atoms with Gasteiger partial charge in [0, 0.05) is 18.3 Å². The Hall–Kier alpha value is -2.22. The summed E-state index contributed by atoms with van der Waals surface area (Å²) in [5.41, 5.74) is 1.61. The number of aromatic nitrogens is 1. The molecule has 25 heavy (non-hydrogen) atoms. The Morgan fingerprint density at radius 2 is 1.92 bits per heavy atom. The summed E-state index contributed by atoms with van der Waals surface area (Å²) in [5, 5.41) is 2.81. The van der Waals surface area contributed by atoms with Gasteiger partial charge in [-0.05, 0) is 54.8 Å². The largest absolute Gasteiger partial charge is 0.573 e. The van der Waals surface area contributed by atoms with E-state index in [9.17, 15) is 18.0 Å². The van der Waals surface area contributed by atoms with Crippen LogP contribution in [0.4, 0.5) is 13.2 Å². The highest BCUT2D eigenvalue weighted by Gasteiger charge is 2.30. The van der Waals surface area contributed by atoms with Crippen LogP contribution >= 0.6 is 11.8 Å². The summed E-state index contributed by atoms with van der Waals surface area (Å²) in [6.45, 7) is 0.599. The number of hydrogen-bond acceptors (Lipinski definition) is 4. The van der Waals surface area contributed by atoms with E-state index in [2.05, 4.69) is 15.0 Å². The quantitative estimate of drug-likeness (QED) is 0.745. The normalized spacial score (nSPS) is 11.2. The van der Waals surface area contributed by atoms with Crippen molar-refractivity contribution in [2.45, 2.75) is 12.8 Å². The molecule has 0 saturated carbocycles. The van der Waals surface area contributed by atoms with Gasteiger partial charge in [-0.2, -0.15) is 11.8 Å². The van der Waals surface area contributed by atoms with E-state index in [1.807, 2.05) is 6.26 Å². The first-order chi connectivity index (χ1) is 11.9. The lowest BCUT2D eigenvalue weighted by Crippen LogP contribution is -2.24. The molecule has 4 nitrogen and oxygen atoms in total. The van der Waals surface area contributed by atoms with Crippen LogP contribution in [0.1, 0.15) is 16.8 Å². The van der Waals surface area contributed by atoms with Gasteiger partial charge in [0.2, 0.25) is 0 Å². The second-order valence-corrected chi connectivity index (χ2v) is 6.09. The molecule has 2 aromatic rings. The first kappa shape index (κ1) is 19.1. The number of ether oxygens (including phenoxy) is 1. The Labute approximate surface area is 147 Å². The first-order valence-corrected chi connectivity index (χ1v) is 8.88. The molecule has 0 bridgehead atoms. The van der Waals surface area contributed by atoms with E-state index in [-0.39, 0.29) is 11.7 Å². The smallest absolute Gasteiger partial charge is 0.406 e. The number of hydrogen-bond donors (Lipinski definition) is 1. The van der Waals surface area contributed by atoms with Gasteiger partial charge in [0.05, 0.1) is 11.3 Å². The molecule has 2 rings (SSSR count). The molecule has 134 valence electrons. The lowest BCUT2D eigenvalue weighted by atomic mass is 10.1. The fraction of sp³-hybridized carbons (Fsp3) is 0.294. The molecule has 0 saturated heterocycles. The molecule has 0 unspecified atom stereocenters. The molecule has 0 fully saturated rings. The second-order valence-electron chi connectivity index (χ2n) is 5.11. The highest BCUT2D eigenvalue weighted by Crippen LogP contribution is 2.25. The lowest BCUT2D eigenvalue weighted by Gasteiger charge is -2.09. The Bertz CT molecular complexity index is 689. The average molecular weight is 370 g/mol. The molecular formula is C17H17F3N2O2S. The minimum Gasteiger partial charge on any atom is -0.406 e. The number of thioether (sulfide) groups is 1. The highest BCUT2D eigenvalue weighted by atomic mass is 32.2.